The maximum absolute atomic E-state index is 10.5. The summed E-state index contributed by atoms with van der Waals surface area (Å²) >= 11 is 0. The lowest BCUT2D eigenvalue weighted by Crippen LogP contribution is -2.02. The Bertz CT molecular complexity index is 3360. The van der Waals surface area contributed by atoms with Gasteiger partial charge in [-0.15, -0.1) is 0 Å². The van der Waals surface area contributed by atoms with E-state index in [4.69, 9.17) is 0 Å². The Morgan fingerprint density at radius 1 is 0.345 bits per heavy atom. The van der Waals surface area contributed by atoms with E-state index in [0.29, 0.717) is 11.1 Å². The molecule has 5 heteroatoms. The maximum Gasteiger partial charge on any atom is 0.0992 e. The molecule has 5 nitrogen and oxygen atoms in total. The molecule has 55 heavy (non-hydrogen) atoms. The number of rotatable bonds is 4. The number of para-hydroxylation sites is 6. The lowest BCUT2D eigenvalue weighted by molar-refractivity contribution is 1.13. The lowest BCUT2D eigenvalue weighted by Gasteiger charge is -2.18. The maximum atomic E-state index is 10.5. The van der Waals surface area contributed by atoms with Crippen LogP contribution in [0.3, 0.4) is 0 Å². The Kier molecular flexibility index (Phi) is 6.61. The lowest BCUT2D eigenvalue weighted by atomic mass is 10.00. The first-order valence-electron chi connectivity index (χ1n) is 18.3. The average molecular weight is 700 g/mol. The van der Waals surface area contributed by atoms with Crippen molar-refractivity contribution in [2.75, 3.05) is 0 Å². The Morgan fingerprint density at radius 3 is 1.47 bits per heavy atom. The molecule has 0 aliphatic carbocycles. The molecule has 3 heterocycles. The van der Waals surface area contributed by atoms with Gasteiger partial charge in [0, 0.05) is 43.6 Å². The third kappa shape index (κ3) is 4.45. The van der Waals surface area contributed by atoms with Crippen molar-refractivity contribution < 1.29 is 0 Å². The molecule has 0 unspecified atom stereocenters. The van der Waals surface area contributed by atoms with Crippen LogP contribution in [-0.2, 0) is 0 Å². The van der Waals surface area contributed by atoms with Gasteiger partial charge in [0.05, 0.1) is 67.7 Å². The van der Waals surface area contributed by atoms with Crippen LogP contribution >= 0.6 is 0 Å². The summed E-state index contributed by atoms with van der Waals surface area (Å²) < 4.78 is 6.98. The number of fused-ring (bicyclic) bond motifs is 9. The van der Waals surface area contributed by atoms with Crippen LogP contribution < -0.4 is 0 Å². The molecular weight excluding hydrogens is 671 g/mol. The van der Waals surface area contributed by atoms with E-state index in [2.05, 4.69) is 177 Å². The van der Waals surface area contributed by atoms with Gasteiger partial charge in [0.25, 0.3) is 0 Å². The zero-order valence-corrected chi connectivity index (χ0v) is 29.5. The molecule has 11 aromatic rings. The monoisotopic (exact) mass is 699 g/mol. The van der Waals surface area contributed by atoms with Crippen molar-refractivity contribution in [3.8, 4) is 40.3 Å². The molecule has 0 spiro atoms. The quantitative estimate of drug-likeness (QED) is 0.184. The molecule has 8 aromatic carbocycles. The number of hydrogen-bond donors (Lipinski definition) is 0. The van der Waals surface area contributed by atoms with Gasteiger partial charge < -0.3 is 13.7 Å². The van der Waals surface area contributed by atoms with Crippen LogP contribution in [0.5, 0.6) is 0 Å². The van der Waals surface area contributed by atoms with Crippen molar-refractivity contribution in [1.29, 1.82) is 10.5 Å². The molecular formula is C50H29N5. The van der Waals surface area contributed by atoms with Gasteiger partial charge >= 0.3 is 0 Å². The zero-order valence-electron chi connectivity index (χ0n) is 29.5. The fourth-order valence-corrected chi connectivity index (χ4v) is 8.81. The first-order chi connectivity index (χ1) is 27.2. The molecule has 0 atom stereocenters. The Morgan fingerprint density at radius 2 is 0.855 bits per heavy atom. The van der Waals surface area contributed by atoms with E-state index >= 15 is 0 Å². The second kappa shape index (κ2) is 11.8. The van der Waals surface area contributed by atoms with Gasteiger partial charge in [0.2, 0.25) is 0 Å². The van der Waals surface area contributed by atoms with Crippen molar-refractivity contribution in [2.24, 2.45) is 0 Å². The first-order valence-corrected chi connectivity index (χ1v) is 18.3. The molecule has 0 N–H and O–H groups in total. The molecule has 0 fully saturated rings. The SMILES string of the molecule is N#Cc1cc(-c2ccccc2-n2c3ccc(C#N)cc3c3cccc(-n4c5ccccc5c5ccccc54)c32)cc(-n2c3ccccc3c3ccccc32)c1. The standard InChI is InChI=1S/C50H29N5/c51-30-32-24-25-48-42(28-32)41-17-11-23-49(54-46-21-9-4-15-39(46)40-16-5-10-22-47(40)54)50(41)55(48)43-18-6-1-12-36(43)34-26-33(31-52)27-35(29-34)53-44-19-7-2-13-37(44)38-14-3-8-20-45(38)53/h1-29H. The normalized spacial score (nSPS) is 11.6. The molecule has 0 amide bonds. The van der Waals surface area contributed by atoms with Crippen LogP contribution in [0.2, 0.25) is 0 Å². The summed E-state index contributed by atoms with van der Waals surface area (Å²) in [5.74, 6) is 0. The fourth-order valence-electron chi connectivity index (χ4n) is 8.81. The average Bonchev–Trinajstić information content (AvgIpc) is 3.89. The van der Waals surface area contributed by atoms with E-state index in [9.17, 15) is 10.5 Å². The van der Waals surface area contributed by atoms with Crippen molar-refractivity contribution in [3.05, 3.63) is 187 Å². The van der Waals surface area contributed by atoms with Crippen molar-refractivity contribution >= 4 is 65.4 Å². The molecule has 3 aromatic heterocycles. The Hall–Kier alpha value is -7.86. The molecule has 11 rings (SSSR count). The third-order valence-corrected chi connectivity index (χ3v) is 11.1. The van der Waals surface area contributed by atoms with Gasteiger partial charge in [0.15, 0.2) is 0 Å². The summed E-state index contributed by atoms with van der Waals surface area (Å²) in [4.78, 5) is 0. The van der Waals surface area contributed by atoms with Crippen molar-refractivity contribution in [1.82, 2.24) is 13.7 Å². The van der Waals surface area contributed by atoms with E-state index in [-0.39, 0.29) is 0 Å². The summed E-state index contributed by atoms with van der Waals surface area (Å²) in [5, 5.41) is 27.3. The smallest absolute Gasteiger partial charge is 0.0992 e. The Balaban J connectivity index is 1.24. The largest absolute Gasteiger partial charge is 0.309 e. The minimum absolute atomic E-state index is 0.580. The highest BCUT2D eigenvalue weighted by Gasteiger charge is 2.22. The van der Waals surface area contributed by atoms with Crippen LogP contribution in [0.25, 0.3) is 93.6 Å². The van der Waals surface area contributed by atoms with Crippen LogP contribution in [-0.4, -0.2) is 13.7 Å². The third-order valence-electron chi connectivity index (χ3n) is 11.1. The molecule has 254 valence electrons. The van der Waals surface area contributed by atoms with Gasteiger partial charge in [0.1, 0.15) is 0 Å². The van der Waals surface area contributed by atoms with Crippen LogP contribution in [0, 0.1) is 22.7 Å². The van der Waals surface area contributed by atoms with E-state index in [1.807, 2.05) is 24.3 Å². The summed E-state index contributed by atoms with van der Waals surface area (Å²) in [6.07, 6.45) is 0. The second-order valence-corrected chi connectivity index (χ2v) is 14.0. The zero-order chi connectivity index (χ0) is 36.6. The van der Waals surface area contributed by atoms with E-state index < -0.39 is 0 Å². The number of benzene rings is 8. The summed E-state index contributed by atoms with van der Waals surface area (Å²) in [5.41, 5.74) is 12.5. The van der Waals surface area contributed by atoms with Gasteiger partial charge in [-0.25, -0.2) is 0 Å². The first kappa shape index (κ1) is 30.7. The highest BCUT2D eigenvalue weighted by atomic mass is 15.1. The number of nitriles is 2. The van der Waals surface area contributed by atoms with E-state index in [1.165, 1.54) is 21.5 Å². The van der Waals surface area contributed by atoms with Crippen LogP contribution in [0.15, 0.2) is 176 Å². The number of nitrogens with zero attached hydrogens (tertiary/aromatic N) is 5. The molecule has 0 saturated carbocycles. The Labute approximate surface area is 316 Å². The second-order valence-electron chi connectivity index (χ2n) is 14.0. The van der Waals surface area contributed by atoms with Crippen molar-refractivity contribution in [3.63, 3.8) is 0 Å². The van der Waals surface area contributed by atoms with Crippen LogP contribution in [0.4, 0.5) is 0 Å². The minimum atomic E-state index is 0.580. The summed E-state index contributed by atoms with van der Waals surface area (Å²) in [6, 6.07) is 65.9. The van der Waals surface area contributed by atoms with Crippen molar-refractivity contribution in [2.45, 2.75) is 0 Å². The predicted octanol–water partition coefficient (Wildman–Crippen LogP) is 12.4. The van der Waals surface area contributed by atoms with Gasteiger partial charge in [-0.05, 0) is 78.4 Å². The number of aromatic nitrogens is 3. The van der Waals surface area contributed by atoms with Gasteiger partial charge in [-0.3, -0.25) is 0 Å². The predicted molar refractivity (Wildman–Crippen MR) is 224 cm³/mol. The van der Waals surface area contributed by atoms with Gasteiger partial charge in [-0.1, -0.05) is 103 Å². The molecule has 0 radical (unpaired) electrons. The highest BCUT2D eigenvalue weighted by molar-refractivity contribution is 6.16. The topological polar surface area (TPSA) is 62.4 Å². The van der Waals surface area contributed by atoms with E-state index in [0.717, 1.165) is 72.1 Å². The van der Waals surface area contributed by atoms with Gasteiger partial charge in [-0.2, -0.15) is 10.5 Å². The molecule has 0 aliphatic heterocycles. The molecule has 0 saturated heterocycles. The molecule has 0 aliphatic rings. The molecule has 0 bridgehead atoms. The summed E-state index contributed by atoms with van der Waals surface area (Å²) in [7, 11) is 0. The highest BCUT2D eigenvalue weighted by Crippen LogP contribution is 2.42. The fraction of sp³-hybridized carbons (Fsp3) is 0. The minimum Gasteiger partial charge on any atom is -0.309 e. The number of hydrogen-bond acceptors (Lipinski definition) is 2. The van der Waals surface area contributed by atoms with Crippen LogP contribution in [0.1, 0.15) is 11.1 Å². The summed E-state index contributed by atoms with van der Waals surface area (Å²) in [6.45, 7) is 0. The van der Waals surface area contributed by atoms with E-state index in [1.54, 1.807) is 0 Å².